The first kappa shape index (κ1) is 18.4. The third-order valence-electron chi connectivity index (χ3n) is 5.03. The number of hydrazine groups is 1. The van der Waals surface area contributed by atoms with Crippen molar-refractivity contribution in [2.24, 2.45) is 0 Å². The van der Waals surface area contributed by atoms with E-state index >= 15 is 0 Å². The molecule has 146 valence electrons. The van der Waals surface area contributed by atoms with Gasteiger partial charge in [-0.05, 0) is 42.3 Å². The molecule has 1 aromatic heterocycles. The van der Waals surface area contributed by atoms with Gasteiger partial charge in [0.1, 0.15) is 5.82 Å². The lowest BCUT2D eigenvalue weighted by molar-refractivity contribution is 0.385. The Kier molecular flexibility index (Phi) is 4.97. The van der Waals surface area contributed by atoms with Crippen molar-refractivity contribution in [3.05, 3.63) is 75.7 Å². The van der Waals surface area contributed by atoms with Gasteiger partial charge < -0.3 is 4.74 Å². The normalized spacial score (nSPS) is 14.5. The van der Waals surface area contributed by atoms with Gasteiger partial charge in [0.25, 0.3) is 0 Å². The zero-order valence-electron chi connectivity index (χ0n) is 15.8. The second-order valence-corrected chi connectivity index (χ2v) is 6.85. The highest BCUT2D eigenvalue weighted by Crippen LogP contribution is 2.20. The zero-order valence-corrected chi connectivity index (χ0v) is 15.8. The molecule has 0 unspecified atom stereocenters. The van der Waals surface area contributed by atoms with E-state index in [4.69, 9.17) is 4.74 Å². The van der Waals surface area contributed by atoms with Crippen LogP contribution in [0.4, 0.5) is 4.39 Å². The largest absolute Gasteiger partial charge is 0.494 e. The van der Waals surface area contributed by atoms with E-state index in [-0.39, 0.29) is 11.4 Å². The molecular formula is C20H22FN5O2. The van der Waals surface area contributed by atoms with Crippen molar-refractivity contribution in [2.45, 2.75) is 19.4 Å². The molecule has 2 aromatic carbocycles. The van der Waals surface area contributed by atoms with Crippen molar-refractivity contribution in [3.63, 3.8) is 0 Å². The molecule has 0 saturated carbocycles. The number of methoxy groups -OCH3 is 1. The van der Waals surface area contributed by atoms with Crippen molar-refractivity contribution < 1.29 is 9.13 Å². The van der Waals surface area contributed by atoms with Crippen molar-refractivity contribution >= 4 is 0 Å². The number of ether oxygens (including phenoxy) is 1. The minimum atomic E-state index is -0.432. The summed E-state index contributed by atoms with van der Waals surface area (Å²) in [7, 11) is 1.42. The molecule has 7 nitrogen and oxygen atoms in total. The summed E-state index contributed by atoms with van der Waals surface area (Å²) in [5, 5.41) is 4.40. The number of halogens is 1. The second kappa shape index (κ2) is 7.57. The molecule has 2 heterocycles. The Hall–Kier alpha value is -2.97. The van der Waals surface area contributed by atoms with Crippen molar-refractivity contribution in [2.75, 3.05) is 20.2 Å². The Bertz CT molecular complexity index is 1040. The molecule has 0 spiro atoms. The maximum atomic E-state index is 13.6. The van der Waals surface area contributed by atoms with Crippen molar-refractivity contribution in [1.29, 1.82) is 0 Å². The van der Waals surface area contributed by atoms with Gasteiger partial charge in [-0.1, -0.05) is 18.2 Å². The highest BCUT2D eigenvalue weighted by atomic mass is 19.1. The summed E-state index contributed by atoms with van der Waals surface area (Å²) in [4.78, 5) is 12.9. The Labute approximate surface area is 161 Å². The lowest BCUT2D eigenvalue weighted by Crippen LogP contribution is -2.24. The lowest BCUT2D eigenvalue weighted by atomic mass is 10.0. The van der Waals surface area contributed by atoms with Gasteiger partial charge in [0.15, 0.2) is 11.6 Å². The van der Waals surface area contributed by atoms with E-state index in [9.17, 15) is 9.18 Å². The summed E-state index contributed by atoms with van der Waals surface area (Å²) in [6.07, 6.45) is 0. The number of rotatable bonds is 5. The first-order valence-corrected chi connectivity index (χ1v) is 9.11. The molecular weight excluding hydrogens is 361 g/mol. The topological polar surface area (TPSA) is 73.1 Å². The standard InChI is InChI=1S/C20H22FN5O2/c1-13-24-26(17-6-4-15(5-7-17)16-10-22-23-11-16)20(27)25(13)12-14-3-8-18(21)19(9-14)28-2/h3-9,16,22-23H,10-12H2,1-2H3. The molecule has 0 aliphatic carbocycles. The summed E-state index contributed by atoms with van der Waals surface area (Å²) >= 11 is 0. The summed E-state index contributed by atoms with van der Waals surface area (Å²) in [6.45, 7) is 3.84. The number of hydrogen-bond donors (Lipinski definition) is 2. The van der Waals surface area contributed by atoms with Gasteiger partial charge in [-0.3, -0.25) is 15.4 Å². The molecule has 1 saturated heterocycles. The van der Waals surface area contributed by atoms with Gasteiger partial charge in [0, 0.05) is 19.0 Å². The molecule has 0 radical (unpaired) electrons. The highest BCUT2D eigenvalue weighted by Gasteiger charge is 2.17. The van der Waals surface area contributed by atoms with Crippen LogP contribution in [0.15, 0.2) is 47.3 Å². The van der Waals surface area contributed by atoms with Gasteiger partial charge in [0.2, 0.25) is 0 Å². The van der Waals surface area contributed by atoms with Crippen LogP contribution in [0, 0.1) is 12.7 Å². The van der Waals surface area contributed by atoms with E-state index in [0.717, 1.165) is 18.7 Å². The molecule has 1 aliphatic heterocycles. The van der Waals surface area contributed by atoms with Gasteiger partial charge in [-0.2, -0.15) is 9.78 Å². The van der Waals surface area contributed by atoms with Crippen LogP contribution in [-0.2, 0) is 6.54 Å². The molecule has 0 amide bonds. The number of aromatic nitrogens is 3. The Morgan fingerprint density at radius 1 is 1.18 bits per heavy atom. The monoisotopic (exact) mass is 383 g/mol. The van der Waals surface area contributed by atoms with E-state index in [0.29, 0.717) is 24.0 Å². The fourth-order valence-corrected chi connectivity index (χ4v) is 3.42. The summed E-state index contributed by atoms with van der Waals surface area (Å²) in [5.41, 5.74) is 8.69. The predicted molar refractivity (Wildman–Crippen MR) is 103 cm³/mol. The first-order valence-electron chi connectivity index (χ1n) is 9.11. The number of nitrogens with zero attached hydrogens (tertiary/aromatic N) is 3. The number of benzene rings is 2. The second-order valence-electron chi connectivity index (χ2n) is 6.85. The average Bonchev–Trinajstić information content (AvgIpc) is 3.34. The number of aryl methyl sites for hydroxylation is 1. The molecule has 0 atom stereocenters. The fourth-order valence-electron chi connectivity index (χ4n) is 3.42. The molecule has 4 rings (SSSR count). The van der Waals surface area contributed by atoms with E-state index in [1.165, 1.54) is 23.4 Å². The van der Waals surface area contributed by atoms with Crippen LogP contribution >= 0.6 is 0 Å². The van der Waals surface area contributed by atoms with Crippen LogP contribution in [0.5, 0.6) is 5.75 Å². The minimum Gasteiger partial charge on any atom is -0.494 e. The first-order chi connectivity index (χ1) is 13.6. The predicted octanol–water partition coefficient (Wildman–Crippen LogP) is 1.73. The molecule has 8 heteroatoms. The van der Waals surface area contributed by atoms with Crippen LogP contribution in [-0.4, -0.2) is 34.5 Å². The summed E-state index contributed by atoms with van der Waals surface area (Å²) in [6, 6.07) is 12.4. The van der Waals surface area contributed by atoms with Crippen LogP contribution in [0.2, 0.25) is 0 Å². The maximum absolute atomic E-state index is 13.6. The average molecular weight is 383 g/mol. The Morgan fingerprint density at radius 3 is 2.57 bits per heavy atom. The van der Waals surface area contributed by atoms with Crippen LogP contribution in [0.25, 0.3) is 5.69 Å². The molecule has 1 fully saturated rings. The Balaban J connectivity index is 1.61. The van der Waals surface area contributed by atoms with Crippen LogP contribution in [0.3, 0.4) is 0 Å². The van der Waals surface area contributed by atoms with E-state index in [2.05, 4.69) is 16.0 Å². The fraction of sp³-hybridized carbons (Fsp3) is 0.300. The molecule has 0 bridgehead atoms. The smallest absolute Gasteiger partial charge is 0.351 e. The van der Waals surface area contributed by atoms with Crippen LogP contribution < -0.4 is 21.3 Å². The molecule has 3 aromatic rings. The molecule has 28 heavy (non-hydrogen) atoms. The number of nitrogens with one attached hydrogen (secondary N) is 2. The van der Waals surface area contributed by atoms with Crippen LogP contribution in [0.1, 0.15) is 22.9 Å². The van der Waals surface area contributed by atoms with Gasteiger partial charge in [-0.15, -0.1) is 0 Å². The third-order valence-corrected chi connectivity index (χ3v) is 5.03. The maximum Gasteiger partial charge on any atom is 0.351 e. The minimum absolute atomic E-state index is 0.155. The summed E-state index contributed by atoms with van der Waals surface area (Å²) in [5.74, 6) is 0.723. The van der Waals surface area contributed by atoms with Gasteiger partial charge in [-0.25, -0.2) is 9.18 Å². The van der Waals surface area contributed by atoms with E-state index in [1.807, 2.05) is 24.3 Å². The third kappa shape index (κ3) is 3.44. The van der Waals surface area contributed by atoms with E-state index < -0.39 is 5.82 Å². The lowest BCUT2D eigenvalue weighted by Gasteiger charge is -2.08. The van der Waals surface area contributed by atoms with Gasteiger partial charge in [0.05, 0.1) is 19.3 Å². The SMILES string of the molecule is COc1cc(Cn2c(C)nn(-c3ccc(C4CNNC4)cc3)c2=O)ccc1F. The molecule has 2 N–H and O–H groups in total. The molecule has 1 aliphatic rings. The number of hydrogen-bond acceptors (Lipinski definition) is 5. The Morgan fingerprint density at radius 2 is 1.89 bits per heavy atom. The highest BCUT2D eigenvalue weighted by molar-refractivity contribution is 5.36. The van der Waals surface area contributed by atoms with E-state index in [1.54, 1.807) is 23.6 Å². The van der Waals surface area contributed by atoms with Crippen molar-refractivity contribution in [3.8, 4) is 11.4 Å². The quantitative estimate of drug-likeness (QED) is 0.702. The van der Waals surface area contributed by atoms with Gasteiger partial charge >= 0.3 is 5.69 Å². The zero-order chi connectivity index (χ0) is 19.7. The summed E-state index contributed by atoms with van der Waals surface area (Å²) < 4.78 is 21.6. The van der Waals surface area contributed by atoms with Crippen molar-refractivity contribution in [1.82, 2.24) is 25.2 Å².